The maximum absolute atomic E-state index is 13.4. The van der Waals surface area contributed by atoms with Gasteiger partial charge in [0.1, 0.15) is 11.5 Å². The van der Waals surface area contributed by atoms with Crippen molar-refractivity contribution in [3.8, 4) is 33.8 Å². The summed E-state index contributed by atoms with van der Waals surface area (Å²) >= 11 is 0. The topological polar surface area (TPSA) is 95.2 Å². The molecule has 0 atom stereocenters. The smallest absolute Gasteiger partial charge is 0.123 e. The lowest BCUT2D eigenvalue weighted by Crippen LogP contribution is -2.11. The van der Waals surface area contributed by atoms with E-state index in [0.717, 1.165) is 74.2 Å². The molecule has 0 bridgehead atoms. The number of nitrogens with zero attached hydrogens (tertiary/aromatic N) is 4. The normalized spacial score (nSPS) is 11.5. The molecule has 0 amide bonds. The molecule has 0 radical (unpaired) electrons. The number of halogens is 1. The third-order valence-electron chi connectivity index (χ3n) is 6.07. The fourth-order valence-electron chi connectivity index (χ4n) is 4.31. The first-order valence-electron chi connectivity index (χ1n) is 11.4. The maximum atomic E-state index is 13.4. The number of nitrogens with one attached hydrogen (secondary N) is 3. The highest BCUT2D eigenvalue weighted by Gasteiger charge is 2.15. The van der Waals surface area contributed by atoms with Crippen molar-refractivity contribution < 1.29 is 4.39 Å². The Morgan fingerprint density at radius 1 is 0.857 bits per heavy atom. The van der Waals surface area contributed by atoms with Gasteiger partial charge in [-0.25, -0.2) is 4.39 Å². The van der Waals surface area contributed by atoms with E-state index in [2.05, 4.69) is 54.5 Å². The van der Waals surface area contributed by atoms with E-state index in [1.54, 1.807) is 30.7 Å². The zero-order valence-corrected chi connectivity index (χ0v) is 19.0. The van der Waals surface area contributed by atoms with Gasteiger partial charge >= 0.3 is 0 Å². The number of aromatic nitrogens is 6. The molecular weight excluding hydrogens is 441 g/mol. The second kappa shape index (κ2) is 8.73. The van der Waals surface area contributed by atoms with Gasteiger partial charge in [-0.15, -0.1) is 0 Å². The molecule has 0 saturated heterocycles. The number of rotatable bonds is 6. The van der Waals surface area contributed by atoms with Crippen LogP contribution in [-0.2, 0) is 6.54 Å². The van der Waals surface area contributed by atoms with Crippen LogP contribution < -0.4 is 5.32 Å². The van der Waals surface area contributed by atoms with Crippen LogP contribution in [0.25, 0.3) is 55.6 Å². The highest BCUT2D eigenvalue weighted by Crippen LogP contribution is 2.34. The van der Waals surface area contributed by atoms with Gasteiger partial charge in [0.2, 0.25) is 0 Å². The van der Waals surface area contributed by atoms with E-state index in [1.165, 1.54) is 12.1 Å². The molecule has 7 nitrogen and oxygen atoms in total. The van der Waals surface area contributed by atoms with Crippen LogP contribution in [0.15, 0.2) is 73.4 Å². The molecule has 6 aromatic rings. The predicted octanol–water partition coefficient (Wildman–Crippen LogP) is 5.48. The monoisotopic (exact) mass is 463 g/mol. The standard InChI is InChI=1S/C27H22FN7/c1-2-29-10-16-7-18(12-30-11-16)23-9-21-26(15-32-23)34-35-27(21)24-8-20-22(13-31-14-25(20)33-24)17-3-5-19(28)6-4-17/h3-9,11-15,29,33H,2,10H2,1H3,(H,34,35). The Morgan fingerprint density at radius 3 is 2.57 bits per heavy atom. The first kappa shape index (κ1) is 21.1. The molecule has 0 aliphatic heterocycles. The fourth-order valence-corrected chi connectivity index (χ4v) is 4.31. The summed E-state index contributed by atoms with van der Waals surface area (Å²) in [4.78, 5) is 16.8. The second-order valence-electron chi connectivity index (χ2n) is 8.39. The molecule has 6 rings (SSSR count). The van der Waals surface area contributed by atoms with Gasteiger partial charge in [-0.1, -0.05) is 19.1 Å². The summed E-state index contributed by atoms with van der Waals surface area (Å²) in [7, 11) is 0. The Morgan fingerprint density at radius 2 is 1.71 bits per heavy atom. The molecule has 0 spiro atoms. The fraction of sp³-hybridized carbons (Fsp3) is 0.111. The molecule has 1 aromatic carbocycles. The number of hydrogen-bond acceptors (Lipinski definition) is 5. The summed E-state index contributed by atoms with van der Waals surface area (Å²) in [5.74, 6) is -0.265. The average molecular weight is 464 g/mol. The minimum Gasteiger partial charge on any atom is -0.352 e. The van der Waals surface area contributed by atoms with Crippen LogP contribution in [-0.4, -0.2) is 36.7 Å². The Bertz CT molecular complexity index is 1650. The predicted molar refractivity (Wildman–Crippen MR) is 135 cm³/mol. The van der Waals surface area contributed by atoms with Gasteiger partial charge in [-0.2, -0.15) is 5.10 Å². The Labute approximate surface area is 200 Å². The third-order valence-corrected chi connectivity index (χ3v) is 6.07. The van der Waals surface area contributed by atoms with Gasteiger partial charge in [0, 0.05) is 47.0 Å². The number of H-pyrrole nitrogens is 2. The van der Waals surface area contributed by atoms with Crippen molar-refractivity contribution in [1.29, 1.82) is 0 Å². The summed E-state index contributed by atoms with van der Waals surface area (Å²) in [5.41, 5.74) is 8.10. The summed E-state index contributed by atoms with van der Waals surface area (Å²) in [5, 5.41) is 12.9. The molecule has 5 aromatic heterocycles. The highest BCUT2D eigenvalue weighted by molar-refractivity contribution is 6.01. The van der Waals surface area contributed by atoms with Gasteiger partial charge in [0.25, 0.3) is 0 Å². The molecule has 0 aliphatic rings. The van der Waals surface area contributed by atoms with Crippen molar-refractivity contribution in [2.45, 2.75) is 13.5 Å². The zero-order valence-electron chi connectivity index (χ0n) is 19.0. The quantitative estimate of drug-likeness (QED) is 0.304. The van der Waals surface area contributed by atoms with Crippen LogP contribution >= 0.6 is 0 Å². The van der Waals surface area contributed by atoms with E-state index >= 15 is 0 Å². The molecule has 3 N–H and O–H groups in total. The number of benzene rings is 1. The Balaban J connectivity index is 1.43. The largest absolute Gasteiger partial charge is 0.352 e. The van der Waals surface area contributed by atoms with Gasteiger partial charge in [-0.3, -0.25) is 20.1 Å². The van der Waals surface area contributed by atoms with E-state index < -0.39 is 0 Å². The van der Waals surface area contributed by atoms with Gasteiger partial charge in [0.05, 0.1) is 34.8 Å². The van der Waals surface area contributed by atoms with Crippen LogP contribution in [0, 0.1) is 5.82 Å². The first-order valence-corrected chi connectivity index (χ1v) is 11.4. The van der Waals surface area contributed by atoms with Crippen LogP contribution in [0.3, 0.4) is 0 Å². The van der Waals surface area contributed by atoms with Crippen LogP contribution in [0.4, 0.5) is 4.39 Å². The van der Waals surface area contributed by atoms with Crippen molar-refractivity contribution in [2.24, 2.45) is 0 Å². The molecule has 0 unspecified atom stereocenters. The van der Waals surface area contributed by atoms with Gasteiger partial charge in [0.15, 0.2) is 0 Å². The van der Waals surface area contributed by atoms with E-state index in [4.69, 9.17) is 0 Å². The molecule has 172 valence electrons. The number of aromatic amines is 2. The first-order chi connectivity index (χ1) is 17.2. The maximum Gasteiger partial charge on any atom is 0.123 e. The average Bonchev–Trinajstić information content (AvgIpc) is 3.51. The number of pyridine rings is 3. The van der Waals surface area contributed by atoms with Crippen LogP contribution in [0.1, 0.15) is 12.5 Å². The van der Waals surface area contributed by atoms with E-state index in [1.807, 2.05) is 18.5 Å². The van der Waals surface area contributed by atoms with Crippen molar-refractivity contribution in [3.05, 3.63) is 84.8 Å². The third kappa shape index (κ3) is 3.94. The molecular formula is C27H22FN7. The van der Waals surface area contributed by atoms with Gasteiger partial charge < -0.3 is 10.3 Å². The van der Waals surface area contributed by atoms with E-state index in [-0.39, 0.29) is 5.82 Å². The van der Waals surface area contributed by atoms with Crippen molar-refractivity contribution in [1.82, 2.24) is 35.5 Å². The number of hydrogen-bond donors (Lipinski definition) is 3. The molecule has 0 saturated carbocycles. The Hall–Kier alpha value is -4.43. The lowest BCUT2D eigenvalue weighted by atomic mass is 10.0. The summed E-state index contributed by atoms with van der Waals surface area (Å²) in [6.45, 7) is 3.74. The lowest BCUT2D eigenvalue weighted by molar-refractivity contribution is 0.628. The second-order valence-corrected chi connectivity index (χ2v) is 8.39. The summed E-state index contributed by atoms with van der Waals surface area (Å²) < 4.78 is 13.4. The van der Waals surface area contributed by atoms with Crippen molar-refractivity contribution in [2.75, 3.05) is 6.54 Å². The summed E-state index contributed by atoms with van der Waals surface area (Å²) in [6.07, 6.45) is 9.07. The lowest BCUT2D eigenvalue weighted by Gasteiger charge is -2.05. The molecule has 0 aliphatic carbocycles. The number of fused-ring (bicyclic) bond motifs is 2. The van der Waals surface area contributed by atoms with Crippen LogP contribution in [0.5, 0.6) is 0 Å². The molecule has 35 heavy (non-hydrogen) atoms. The van der Waals surface area contributed by atoms with E-state index in [0.29, 0.717) is 0 Å². The summed E-state index contributed by atoms with van der Waals surface area (Å²) in [6, 6.07) is 12.6. The Kier molecular flexibility index (Phi) is 5.27. The van der Waals surface area contributed by atoms with Crippen LogP contribution in [0.2, 0.25) is 0 Å². The van der Waals surface area contributed by atoms with Gasteiger partial charge in [-0.05, 0) is 48.0 Å². The molecule has 5 heterocycles. The molecule has 0 fully saturated rings. The van der Waals surface area contributed by atoms with Crippen molar-refractivity contribution >= 4 is 21.8 Å². The van der Waals surface area contributed by atoms with Crippen molar-refractivity contribution in [3.63, 3.8) is 0 Å². The minimum atomic E-state index is -0.265. The zero-order chi connectivity index (χ0) is 23.8. The molecule has 8 heteroatoms. The highest BCUT2D eigenvalue weighted by atomic mass is 19.1. The minimum absolute atomic E-state index is 0.265. The SMILES string of the molecule is CCNCc1cncc(-c2cc3c(-c4cc5c(-c6ccc(F)cc6)cncc5[nH]4)n[nH]c3cn2)c1. The van der Waals surface area contributed by atoms with E-state index in [9.17, 15) is 4.39 Å².